The average Bonchev–Trinajstić information content (AvgIpc) is 2.75. The van der Waals surface area contributed by atoms with Crippen molar-refractivity contribution in [3.05, 3.63) is 93.9 Å². The zero-order valence-corrected chi connectivity index (χ0v) is 17.1. The van der Waals surface area contributed by atoms with Gasteiger partial charge in [0.1, 0.15) is 0 Å². The predicted molar refractivity (Wildman–Crippen MR) is 116 cm³/mol. The summed E-state index contributed by atoms with van der Waals surface area (Å²) in [6, 6.07) is 19.6. The third-order valence-corrected chi connectivity index (χ3v) is 4.62. The van der Waals surface area contributed by atoms with Crippen LogP contribution in [0.25, 0.3) is 0 Å². The van der Waals surface area contributed by atoms with E-state index in [1.165, 1.54) is 5.56 Å². The van der Waals surface area contributed by atoms with E-state index >= 15 is 0 Å². The van der Waals surface area contributed by atoms with Crippen molar-refractivity contribution in [3.8, 4) is 11.5 Å². The quantitative estimate of drug-likeness (QED) is 0.567. The van der Waals surface area contributed by atoms with E-state index in [0.717, 1.165) is 42.1 Å². The topological polar surface area (TPSA) is 52.5 Å². The van der Waals surface area contributed by atoms with E-state index in [0.29, 0.717) is 13.2 Å². The molecule has 5 nitrogen and oxygen atoms in total. The third-order valence-electron chi connectivity index (χ3n) is 4.62. The number of hydrogen-bond donors (Lipinski definition) is 1. The van der Waals surface area contributed by atoms with Gasteiger partial charge in [-0.1, -0.05) is 43.3 Å². The Morgan fingerprint density at radius 3 is 2.34 bits per heavy atom. The molecule has 1 aromatic heterocycles. The highest BCUT2D eigenvalue weighted by atomic mass is 16.5. The molecule has 1 heterocycles. The van der Waals surface area contributed by atoms with Crippen LogP contribution in [0, 0.1) is 0 Å². The summed E-state index contributed by atoms with van der Waals surface area (Å²) in [5, 5.41) is 3.47. The lowest BCUT2D eigenvalue weighted by Gasteiger charge is -2.12. The van der Waals surface area contributed by atoms with Gasteiger partial charge in [0.25, 0.3) is 5.56 Å². The largest absolute Gasteiger partial charge is 0.493 e. The summed E-state index contributed by atoms with van der Waals surface area (Å²) in [4.78, 5) is 11.8. The summed E-state index contributed by atoms with van der Waals surface area (Å²) in [5.74, 6) is 1.55. The Balaban J connectivity index is 1.54. The van der Waals surface area contributed by atoms with Crippen LogP contribution < -0.4 is 20.3 Å². The molecule has 0 radical (unpaired) electrons. The van der Waals surface area contributed by atoms with Gasteiger partial charge in [0.15, 0.2) is 11.5 Å². The van der Waals surface area contributed by atoms with Crippen LogP contribution in [-0.2, 0) is 19.6 Å². The first-order chi connectivity index (χ1) is 14.2. The van der Waals surface area contributed by atoms with Crippen molar-refractivity contribution in [1.29, 1.82) is 0 Å². The molecule has 0 saturated carbocycles. The first kappa shape index (κ1) is 20.7. The van der Waals surface area contributed by atoms with Crippen molar-refractivity contribution >= 4 is 0 Å². The molecular weight excluding hydrogens is 364 g/mol. The summed E-state index contributed by atoms with van der Waals surface area (Å²) in [7, 11) is 1.66. The lowest BCUT2D eigenvalue weighted by atomic mass is 10.1. The van der Waals surface area contributed by atoms with E-state index in [1.54, 1.807) is 23.8 Å². The number of aromatic nitrogens is 1. The van der Waals surface area contributed by atoms with Crippen molar-refractivity contribution in [2.45, 2.75) is 33.0 Å². The van der Waals surface area contributed by atoms with Crippen molar-refractivity contribution in [2.24, 2.45) is 0 Å². The van der Waals surface area contributed by atoms with Crippen LogP contribution in [0.3, 0.4) is 0 Å². The molecule has 152 valence electrons. The summed E-state index contributed by atoms with van der Waals surface area (Å²) in [5.41, 5.74) is 3.47. The molecule has 5 heteroatoms. The van der Waals surface area contributed by atoms with Crippen molar-refractivity contribution in [2.75, 3.05) is 13.7 Å². The zero-order chi connectivity index (χ0) is 20.5. The molecule has 1 N–H and O–H groups in total. The molecule has 0 atom stereocenters. The number of benzene rings is 2. The Labute approximate surface area is 171 Å². The van der Waals surface area contributed by atoms with Crippen LogP contribution in [0.4, 0.5) is 0 Å². The number of methoxy groups -OCH3 is 1. The number of hydrogen-bond acceptors (Lipinski definition) is 4. The molecule has 3 aromatic rings. The Bertz CT molecular complexity index is 964. The van der Waals surface area contributed by atoms with Gasteiger partial charge in [-0.05, 0) is 41.3 Å². The average molecular weight is 392 g/mol. The zero-order valence-electron chi connectivity index (χ0n) is 17.1. The summed E-state index contributed by atoms with van der Waals surface area (Å²) in [6.07, 6.45) is 2.77. The van der Waals surface area contributed by atoms with E-state index < -0.39 is 0 Å². The second kappa shape index (κ2) is 10.5. The van der Waals surface area contributed by atoms with E-state index in [1.807, 2.05) is 30.5 Å². The van der Waals surface area contributed by atoms with Crippen LogP contribution in [0.15, 0.2) is 71.7 Å². The van der Waals surface area contributed by atoms with Gasteiger partial charge < -0.3 is 19.4 Å². The van der Waals surface area contributed by atoms with Gasteiger partial charge in [0.2, 0.25) is 0 Å². The molecule has 3 rings (SSSR count). The smallest absolute Gasteiger partial charge is 0.250 e. The van der Waals surface area contributed by atoms with E-state index in [9.17, 15) is 4.79 Å². The van der Waals surface area contributed by atoms with Gasteiger partial charge in [-0.2, -0.15) is 0 Å². The number of nitrogens with one attached hydrogen (secondary N) is 1. The minimum Gasteiger partial charge on any atom is -0.493 e. The van der Waals surface area contributed by atoms with E-state index in [4.69, 9.17) is 9.47 Å². The Kier molecular flexibility index (Phi) is 7.47. The Hall–Kier alpha value is -3.05. The van der Waals surface area contributed by atoms with Gasteiger partial charge in [-0.15, -0.1) is 0 Å². The highest BCUT2D eigenvalue weighted by Crippen LogP contribution is 2.28. The molecule has 2 aromatic carbocycles. The Morgan fingerprint density at radius 1 is 0.897 bits per heavy atom. The molecule has 0 unspecified atom stereocenters. The van der Waals surface area contributed by atoms with Crippen LogP contribution in [0.1, 0.15) is 30.0 Å². The number of ether oxygens (including phenoxy) is 2. The highest BCUT2D eigenvalue weighted by molar-refractivity contribution is 5.43. The van der Waals surface area contributed by atoms with Crippen LogP contribution >= 0.6 is 0 Å². The lowest BCUT2D eigenvalue weighted by Crippen LogP contribution is -2.18. The number of rotatable bonds is 10. The molecule has 0 aliphatic heterocycles. The molecule has 0 aliphatic carbocycles. The van der Waals surface area contributed by atoms with Crippen LogP contribution in [-0.4, -0.2) is 18.3 Å². The molecule has 0 saturated heterocycles. The first-order valence-electron chi connectivity index (χ1n) is 9.93. The molecule has 0 aliphatic rings. The second-order valence-electron chi connectivity index (χ2n) is 6.92. The third kappa shape index (κ3) is 5.96. The Morgan fingerprint density at radius 2 is 1.62 bits per heavy atom. The summed E-state index contributed by atoms with van der Waals surface area (Å²) >= 11 is 0. The lowest BCUT2D eigenvalue weighted by molar-refractivity contribution is 0.294. The molecule has 0 fully saturated rings. The monoisotopic (exact) mass is 392 g/mol. The molecule has 0 bridgehead atoms. The SMILES string of the molecule is CCCOc1cc(CNCc2ccc(Cn3ccccc3=O)cc2)ccc1OC. The minimum absolute atomic E-state index is 0.0139. The van der Waals surface area contributed by atoms with Gasteiger partial charge >= 0.3 is 0 Å². The number of pyridine rings is 1. The second-order valence-corrected chi connectivity index (χ2v) is 6.92. The first-order valence-corrected chi connectivity index (χ1v) is 9.93. The van der Waals surface area contributed by atoms with Crippen molar-refractivity contribution in [3.63, 3.8) is 0 Å². The molecule has 0 spiro atoms. The maximum Gasteiger partial charge on any atom is 0.250 e. The maximum absolute atomic E-state index is 11.8. The minimum atomic E-state index is 0.0139. The van der Waals surface area contributed by atoms with E-state index in [2.05, 4.69) is 36.5 Å². The van der Waals surface area contributed by atoms with Crippen molar-refractivity contribution < 1.29 is 9.47 Å². The maximum atomic E-state index is 11.8. The molecular formula is C24H28N2O3. The fourth-order valence-corrected chi connectivity index (χ4v) is 3.06. The normalized spacial score (nSPS) is 10.7. The van der Waals surface area contributed by atoms with Crippen molar-refractivity contribution in [1.82, 2.24) is 9.88 Å². The number of nitrogens with zero attached hydrogens (tertiary/aromatic N) is 1. The summed E-state index contributed by atoms with van der Waals surface area (Å²) in [6.45, 7) is 4.85. The van der Waals surface area contributed by atoms with Crippen LogP contribution in [0.5, 0.6) is 11.5 Å². The molecule has 29 heavy (non-hydrogen) atoms. The van der Waals surface area contributed by atoms with Gasteiger partial charge in [-0.3, -0.25) is 4.79 Å². The predicted octanol–water partition coefficient (Wildman–Crippen LogP) is 3.98. The van der Waals surface area contributed by atoms with E-state index in [-0.39, 0.29) is 5.56 Å². The summed E-state index contributed by atoms with van der Waals surface area (Å²) < 4.78 is 12.8. The highest BCUT2D eigenvalue weighted by Gasteiger charge is 2.06. The molecule has 0 amide bonds. The van der Waals surface area contributed by atoms with Crippen LogP contribution in [0.2, 0.25) is 0 Å². The fraction of sp³-hybridized carbons (Fsp3) is 0.292. The fourth-order valence-electron chi connectivity index (χ4n) is 3.06. The van der Waals surface area contributed by atoms with Gasteiger partial charge in [0, 0.05) is 25.4 Å². The van der Waals surface area contributed by atoms with Gasteiger partial charge in [-0.25, -0.2) is 0 Å². The standard InChI is InChI=1S/C24H28N2O3/c1-3-14-29-23-15-21(11-12-22(23)28-2)17-25-16-19-7-9-20(10-8-19)18-26-13-5-4-6-24(26)27/h4-13,15,25H,3,14,16-18H2,1-2H3. The van der Waals surface area contributed by atoms with Gasteiger partial charge in [0.05, 0.1) is 20.3 Å².